The number of halogens is 1. The van der Waals surface area contributed by atoms with Crippen molar-refractivity contribution in [2.75, 3.05) is 23.0 Å². The second-order valence-corrected chi connectivity index (χ2v) is 10.0. The van der Waals surface area contributed by atoms with Crippen molar-refractivity contribution in [3.63, 3.8) is 0 Å². The van der Waals surface area contributed by atoms with Gasteiger partial charge in [0, 0.05) is 13.0 Å². The second-order valence-electron chi connectivity index (χ2n) is 10.0. The summed E-state index contributed by atoms with van der Waals surface area (Å²) < 4.78 is 32.8. The summed E-state index contributed by atoms with van der Waals surface area (Å²) in [6, 6.07) is 0.307. The number of anilines is 2. The lowest BCUT2D eigenvalue weighted by Gasteiger charge is -2.62. The monoisotopic (exact) mass is 501 g/mol. The lowest BCUT2D eigenvalue weighted by atomic mass is 9.58. The third-order valence-corrected chi connectivity index (χ3v) is 8.10. The second kappa shape index (κ2) is 7.15. The van der Waals surface area contributed by atoms with Gasteiger partial charge in [-0.2, -0.15) is 0 Å². The molecular formula is C23H24FN5O7. The van der Waals surface area contributed by atoms with E-state index in [1.807, 2.05) is 6.92 Å². The average Bonchev–Trinajstić information content (AvgIpc) is 3.35. The van der Waals surface area contributed by atoms with Gasteiger partial charge in [0.15, 0.2) is 17.1 Å². The van der Waals surface area contributed by atoms with E-state index in [-0.39, 0.29) is 54.2 Å². The first-order valence-corrected chi connectivity index (χ1v) is 11.7. The predicted molar refractivity (Wildman–Crippen MR) is 121 cm³/mol. The highest BCUT2D eigenvalue weighted by Gasteiger charge is 2.70. The normalized spacial score (nSPS) is 31.3. The third-order valence-electron chi connectivity index (χ3n) is 8.10. The van der Waals surface area contributed by atoms with E-state index in [1.54, 1.807) is 31.7 Å². The largest absolute Gasteiger partial charge is 0.447 e. The minimum Gasteiger partial charge on any atom is -0.447 e. The zero-order valence-electron chi connectivity index (χ0n) is 20.0. The molecule has 12 nitrogen and oxygen atoms in total. The zero-order chi connectivity index (χ0) is 25.7. The summed E-state index contributed by atoms with van der Waals surface area (Å²) in [5, 5.41) is 8.61. The Hall–Kier alpha value is -3.74. The molecule has 3 fully saturated rings. The first-order valence-electron chi connectivity index (χ1n) is 11.7. The van der Waals surface area contributed by atoms with Crippen LogP contribution in [0.15, 0.2) is 10.6 Å². The van der Waals surface area contributed by atoms with Crippen LogP contribution >= 0.6 is 0 Å². The summed E-state index contributed by atoms with van der Waals surface area (Å²) in [4.78, 5) is 54.2. The van der Waals surface area contributed by atoms with Gasteiger partial charge in [-0.1, -0.05) is 5.16 Å². The Morgan fingerprint density at radius 1 is 1.14 bits per heavy atom. The highest BCUT2D eigenvalue weighted by atomic mass is 19.1. The number of nitrogens with zero attached hydrogens (tertiary/aromatic N) is 3. The van der Waals surface area contributed by atoms with Crippen LogP contribution in [0, 0.1) is 11.2 Å². The minimum absolute atomic E-state index is 0.0838. The van der Waals surface area contributed by atoms with E-state index in [4.69, 9.17) is 14.0 Å². The molecule has 0 unspecified atom stereocenters. The Morgan fingerprint density at radius 3 is 2.47 bits per heavy atom. The maximum Gasteiger partial charge on any atom is 0.416 e. The average molecular weight is 501 g/mol. The summed E-state index contributed by atoms with van der Waals surface area (Å²) in [7, 11) is 0. The van der Waals surface area contributed by atoms with Crippen LogP contribution in [0.25, 0.3) is 11.0 Å². The van der Waals surface area contributed by atoms with Crippen molar-refractivity contribution in [2.45, 2.75) is 57.9 Å². The molecule has 1 aromatic heterocycles. The lowest BCUT2D eigenvalue weighted by Crippen LogP contribution is -2.81. The number of amides is 5. The molecule has 0 saturated carbocycles. The molecular weight excluding hydrogens is 477 g/mol. The molecule has 4 aliphatic rings. The molecule has 3 saturated heterocycles. The van der Waals surface area contributed by atoms with E-state index in [9.17, 15) is 19.2 Å². The number of hydrogen-bond donors (Lipinski definition) is 2. The fraction of sp³-hybridized carbons (Fsp3) is 0.522. The molecule has 4 aliphatic heterocycles. The van der Waals surface area contributed by atoms with Gasteiger partial charge < -0.3 is 18.9 Å². The highest BCUT2D eigenvalue weighted by molar-refractivity contribution is 6.21. The van der Waals surface area contributed by atoms with E-state index in [0.29, 0.717) is 5.56 Å². The van der Waals surface area contributed by atoms with Gasteiger partial charge in [0.2, 0.25) is 17.4 Å². The Labute approximate surface area is 204 Å². The molecule has 0 radical (unpaired) electrons. The number of rotatable bonds is 1. The number of benzene rings is 1. The Kier molecular flexibility index (Phi) is 4.51. The van der Waals surface area contributed by atoms with E-state index in [2.05, 4.69) is 15.8 Å². The van der Waals surface area contributed by atoms with Crippen LogP contribution < -0.4 is 20.4 Å². The van der Waals surface area contributed by atoms with Crippen LogP contribution in [-0.4, -0.2) is 66.0 Å². The van der Waals surface area contributed by atoms with Gasteiger partial charge in [0.05, 0.1) is 34.9 Å². The van der Waals surface area contributed by atoms with Gasteiger partial charge in [-0.15, -0.1) is 0 Å². The molecule has 5 heterocycles. The number of carbonyl (C=O) groups excluding carboxylic acids is 4. The lowest BCUT2D eigenvalue weighted by molar-refractivity contribution is -0.163. The van der Waals surface area contributed by atoms with Crippen molar-refractivity contribution < 1.29 is 37.6 Å². The minimum atomic E-state index is -1.81. The van der Waals surface area contributed by atoms with Gasteiger partial charge >= 0.3 is 12.1 Å². The first kappa shape index (κ1) is 22.7. The Morgan fingerprint density at radius 2 is 1.83 bits per heavy atom. The number of hydrogen-bond acceptors (Lipinski definition) is 9. The van der Waals surface area contributed by atoms with Crippen LogP contribution in [0.5, 0.6) is 0 Å². The van der Waals surface area contributed by atoms with E-state index >= 15 is 4.39 Å². The van der Waals surface area contributed by atoms with Crippen molar-refractivity contribution in [2.24, 2.45) is 5.41 Å². The number of carbonyl (C=O) groups is 4. The smallest absolute Gasteiger partial charge is 0.416 e. The van der Waals surface area contributed by atoms with Crippen molar-refractivity contribution >= 4 is 46.4 Å². The van der Waals surface area contributed by atoms with Gasteiger partial charge in [0.1, 0.15) is 6.61 Å². The first-order chi connectivity index (χ1) is 17.0. The highest BCUT2D eigenvalue weighted by Crippen LogP contribution is 2.55. The molecule has 190 valence electrons. The fourth-order valence-corrected chi connectivity index (χ4v) is 6.21. The molecule has 6 rings (SSSR count). The van der Waals surface area contributed by atoms with Gasteiger partial charge in [-0.3, -0.25) is 25.1 Å². The summed E-state index contributed by atoms with van der Waals surface area (Å²) in [6.07, 6.45) is -1.91. The zero-order valence-corrected chi connectivity index (χ0v) is 20.0. The Bertz CT molecular complexity index is 1350. The maximum atomic E-state index is 16.2. The maximum absolute atomic E-state index is 16.2. The summed E-state index contributed by atoms with van der Waals surface area (Å²) in [5.41, 5.74) is -2.83. The molecule has 1 aromatic carbocycles. The number of imide groups is 2. The van der Waals surface area contributed by atoms with Crippen LogP contribution in [0.3, 0.4) is 0 Å². The number of barbiturate groups is 1. The molecule has 5 amide bonds. The summed E-state index contributed by atoms with van der Waals surface area (Å²) in [5.74, 6) is -2.22. The summed E-state index contributed by atoms with van der Waals surface area (Å²) in [6.45, 7) is 7.26. The van der Waals surface area contributed by atoms with Gasteiger partial charge in [0.25, 0.3) is 0 Å². The SMILES string of the molecule is C[C@@H]1CN2c3c(cc4c(N5C(=O)OC[C@@H]5C)noc4c3F)CC3(C(=O)NC(=O)NC3=O)[C@@]2(C)[C@H](C)O1. The van der Waals surface area contributed by atoms with Crippen molar-refractivity contribution in [3.05, 3.63) is 17.4 Å². The molecule has 2 aromatic rings. The quantitative estimate of drug-likeness (QED) is 0.557. The molecule has 1 spiro atoms. The van der Waals surface area contributed by atoms with Crippen LogP contribution in [-0.2, 0) is 25.5 Å². The number of urea groups is 1. The molecule has 2 N–H and O–H groups in total. The molecule has 36 heavy (non-hydrogen) atoms. The van der Waals surface area contributed by atoms with E-state index < -0.39 is 46.8 Å². The Balaban J connectivity index is 1.62. The van der Waals surface area contributed by atoms with Crippen molar-refractivity contribution in [1.82, 2.24) is 15.8 Å². The van der Waals surface area contributed by atoms with E-state index in [1.165, 1.54) is 4.90 Å². The molecule has 13 heteroatoms. The van der Waals surface area contributed by atoms with Crippen LogP contribution in [0.4, 0.5) is 25.5 Å². The van der Waals surface area contributed by atoms with Gasteiger partial charge in [-0.05, 0) is 39.3 Å². The predicted octanol–water partition coefficient (Wildman–Crippen LogP) is 1.59. The number of morpholine rings is 1. The molecule has 0 aliphatic carbocycles. The number of fused-ring (bicyclic) bond motifs is 5. The topological polar surface area (TPSA) is 143 Å². The standard InChI is InChI=1S/C23H24FN5O7/c1-9-8-34-21(33)29(9)17-13-5-12-6-23(18(30)25-20(32)26-19(23)31)22(4)11(3)35-10(2)7-28(22)15(12)14(24)16(13)36-27-17/h5,9-11H,6-8H2,1-4H3,(H2,25,26,30,31,32)/t9-,10+,11-,22+/m0/s1. The number of cyclic esters (lactones) is 1. The number of ether oxygens (including phenoxy) is 2. The summed E-state index contributed by atoms with van der Waals surface area (Å²) >= 11 is 0. The third kappa shape index (κ3) is 2.58. The van der Waals surface area contributed by atoms with E-state index in [0.717, 1.165) is 0 Å². The molecule has 4 atom stereocenters. The van der Waals surface area contributed by atoms with Crippen LogP contribution in [0.1, 0.15) is 33.3 Å². The van der Waals surface area contributed by atoms with Crippen LogP contribution in [0.2, 0.25) is 0 Å². The molecule has 0 bridgehead atoms. The van der Waals surface area contributed by atoms with Gasteiger partial charge in [-0.25, -0.2) is 14.0 Å². The number of nitrogens with one attached hydrogen (secondary N) is 2. The fourth-order valence-electron chi connectivity index (χ4n) is 6.21. The van der Waals surface area contributed by atoms with Crippen molar-refractivity contribution in [3.8, 4) is 0 Å². The number of aromatic nitrogens is 1. The van der Waals surface area contributed by atoms with Crippen molar-refractivity contribution in [1.29, 1.82) is 0 Å².